The van der Waals surface area contributed by atoms with Gasteiger partial charge in [0.2, 0.25) is 0 Å². The van der Waals surface area contributed by atoms with Crippen LogP contribution in [0.2, 0.25) is 5.15 Å². The molecular weight excluding hydrogens is 252 g/mol. The van der Waals surface area contributed by atoms with E-state index in [-0.39, 0.29) is 0 Å². The van der Waals surface area contributed by atoms with Crippen molar-refractivity contribution in [3.63, 3.8) is 0 Å². The third kappa shape index (κ3) is 2.48. The molecule has 0 aliphatic heterocycles. The van der Waals surface area contributed by atoms with Gasteiger partial charge in [-0.2, -0.15) is 0 Å². The van der Waals surface area contributed by atoms with E-state index in [0.29, 0.717) is 35.7 Å². The molecule has 0 atom stereocenters. The zero-order chi connectivity index (χ0) is 13.1. The highest BCUT2D eigenvalue weighted by Crippen LogP contribution is 2.34. The Labute approximate surface area is 111 Å². The first-order valence-electron chi connectivity index (χ1n) is 5.89. The average molecular weight is 267 g/mol. The number of ether oxygens (including phenoxy) is 2. The number of hydrogen-bond acceptors (Lipinski definition) is 4. The van der Waals surface area contributed by atoms with Crippen molar-refractivity contribution in [3.05, 3.63) is 23.1 Å². The SMILES string of the molecule is CCOc1cc2nc(C)nc(Cl)c2cc1OCC. The molecule has 1 heterocycles. The summed E-state index contributed by atoms with van der Waals surface area (Å²) in [5.41, 5.74) is 0.763. The molecule has 0 aliphatic rings. The van der Waals surface area contributed by atoms with Gasteiger partial charge in [-0.1, -0.05) is 11.6 Å². The van der Waals surface area contributed by atoms with Crippen molar-refractivity contribution in [3.8, 4) is 11.5 Å². The van der Waals surface area contributed by atoms with Gasteiger partial charge in [0.05, 0.1) is 18.7 Å². The normalized spacial score (nSPS) is 10.7. The Kier molecular flexibility index (Phi) is 3.87. The quantitative estimate of drug-likeness (QED) is 0.796. The standard InChI is InChI=1S/C13H15ClN2O2/c1-4-17-11-6-9-10(7-12(11)18-5-2)15-8(3)16-13(9)14/h6-7H,4-5H2,1-3H3. The summed E-state index contributed by atoms with van der Waals surface area (Å²) < 4.78 is 11.1. The second-order valence-electron chi connectivity index (χ2n) is 3.74. The molecule has 0 unspecified atom stereocenters. The van der Waals surface area contributed by atoms with E-state index in [0.717, 1.165) is 10.9 Å². The number of fused-ring (bicyclic) bond motifs is 1. The van der Waals surface area contributed by atoms with Crippen molar-refractivity contribution < 1.29 is 9.47 Å². The maximum Gasteiger partial charge on any atom is 0.163 e. The summed E-state index contributed by atoms with van der Waals surface area (Å²) in [5, 5.41) is 1.20. The highest BCUT2D eigenvalue weighted by Gasteiger charge is 2.11. The van der Waals surface area contributed by atoms with Gasteiger partial charge in [-0.3, -0.25) is 0 Å². The van der Waals surface area contributed by atoms with Crippen molar-refractivity contribution in [2.75, 3.05) is 13.2 Å². The number of nitrogens with zero attached hydrogens (tertiary/aromatic N) is 2. The van der Waals surface area contributed by atoms with Crippen molar-refractivity contribution in [2.45, 2.75) is 20.8 Å². The molecular formula is C13H15ClN2O2. The van der Waals surface area contributed by atoms with Crippen LogP contribution in [0, 0.1) is 6.92 Å². The maximum atomic E-state index is 6.12. The molecule has 0 bridgehead atoms. The van der Waals surface area contributed by atoms with Crippen LogP contribution in [0.25, 0.3) is 10.9 Å². The van der Waals surface area contributed by atoms with E-state index in [4.69, 9.17) is 21.1 Å². The molecule has 2 aromatic rings. The number of rotatable bonds is 4. The van der Waals surface area contributed by atoms with E-state index in [1.807, 2.05) is 32.9 Å². The predicted octanol–water partition coefficient (Wildman–Crippen LogP) is 3.39. The lowest BCUT2D eigenvalue weighted by molar-refractivity contribution is 0.288. The number of benzene rings is 1. The summed E-state index contributed by atoms with van der Waals surface area (Å²) in [6, 6.07) is 3.66. The molecule has 4 nitrogen and oxygen atoms in total. The number of hydrogen-bond donors (Lipinski definition) is 0. The molecule has 1 aromatic heterocycles. The van der Waals surface area contributed by atoms with Crippen molar-refractivity contribution in [1.29, 1.82) is 0 Å². The molecule has 0 fully saturated rings. The molecule has 1 aromatic carbocycles. The van der Waals surface area contributed by atoms with Crippen LogP contribution in [0.5, 0.6) is 11.5 Å². The van der Waals surface area contributed by atoms with Crippen molar-refractivity contribution in [2.24, 2.45) is 0 Å². The Bertz CT molecular complexity index is 572. The molecule has 0 aliphatic carbocycles. The Hall–Kier alpha value is -1.55. The third-order valence-corrected chi connectivity index (χ3v) is 2.71. The molecule has 0 saturated carbocycles. The van der Waals surface area contributed by atoms with Gasteiger partial charge in [0.1, 0.15) is 11.0 Å². The van der Waals surface area contributed by atoms with Crippen LogP contribution >= 0.6 is 11.6 Å². The highest BCUT2D eigenvalue weighted by atomic mass is 35.5. The van der Waals surface area contributed by atoms with Crippen molar-refractivity contribution >= 4 is 22.5 Å². The fraction of sp³-hybridized carbons (Fsp3) is 0.385. The van der Waals surface area contributed by atoms with Crippen LogP contribution in [0.4, 0.5) is 0 Å². The molecule has 96 valence electrons. The second-order valence-corrected chi connectivity index (χ2v) is 4.10. The minimum Gasteiger partial charge on any atom is -0.490 e. The Morgan fingerprint density at radius 3 is 2.28 bits per heavy atom. The molecule has 2 rings (SSSR count). The van der Waals surface area contributed by atoms with E-state index < -0.39 is 0 Å². The first-order valence-corrected chi connectivity index (χ1v) is 6.27. The van der Waals surface area contributed by atoms with Gasteiger partial charge >= 0.3 is 0 Å². The van der Waals surface area contributed by atoms with Crippen LogP contribution < -0.4 is 9.47 Å². The monoisotopic (exact) mass is 266 g/mol. The van der Waals surface area contributed by atoms with Gasteiger partial charge in [-0.25, -0.2) is 9.97 Å². The summed E-state index contributed by atoms with van der Waals surface area (Å²) in [6.07, 6.45) is 0. The first kappa shape index (κ1) is 12.9. The van der Waals surface area contributed by atoms with Gasteiger partial charge in [0.15, 0.2) is 11.5 Å². The fourth-order valence-electron chi connectivity index (χ4n) is 1.75. The summed E-state index contributed by atoms with van der Waals surface area (Å²) in [5.74, 6) is 1.99. The third-order valence-electron chi connectivity index (χ3n) is 2.43. The van der Waals surface area contributed by atoms with Crippen molar-refractivity contribution in [1.82, 2.24) is 9.97 Å². The van der Waals surface area contributed by atoms with E-state index in [2.05, 4.69) is 9.97 Å². The lowest BCUT2D eigenvalue weighted by Crippen LogP contribution is -2.00. The smallest absolute Gasteiger partial charge is 0.163 e. The van der Waals surface area contributed by atoms with Gasteiger partial charge in [0.25, 0.3) is 0 Å². The van der Waals surface area contributed by atoms with Gasteiger partial charge in [0, 0.05) is 11.5 Å². The lowest BCUT2D eigenvalue weighted by Gasteiger charge is -2.12. The minimum absolute atomic E-state index is 0.432. The Morgan fingerprint density at radius 1 is 1.06 bits per heavy atom. The summed E-state index contributed by atoms with van der Waals surface area (Å²) in [7, 11) is 0. The highest BCUT2D eigenvalue weighted by molar-refractivity contribution is 6.34. The molecule has 0 radical (unpaired) electrons. The molecule has 0 spiro atoms. The number of aromatic nitrogens is 2. The Morgan fingerprint density at radius 2 is 1.67 bits per heavy atom. The fourth-order valence-corrected chi connectivity index (χ4v) is 2.02. The molecule has 0 amide bonds. The van der Waals surface area contributed by atoms with E-state index in [1.54, 1.807) is 0 Å². The molecule has 0 N–H and O–H groups in total. The topological polar surface area (TPSA) is 44.2 Å². The van der Waals surface area contributed by atoms with E-state index in [1.165, 1.54) is 0 Å². The Balaban J connectivity index is 2.63. The predicted molar refractivity (Wildman–Crippen MR) is 71.6 cm³/mol. The van der Waals surface area contributed by atoms with Crippen LogP contribution in [-0.4, -0.2) is 23.2 Å². The maximum absolute atomic E-state index is 6.12. The number of aryl methyl sites for hydroxylation is 1. The van der Waals surface area contributed by atoms with Gasteiger partial charge in [-0.15, -0.1) is 0 Å². The number of halogens is 1. The van der Waals surface area contributed by atoms with Gasteiger partial charge in [-0.05, 0) is 26.8 Å². The van der Waals surface area contributed by atoms with Crippen LogP contribution in [0.3, 0.4) is 0 Å². The second kappa shape index (κ2) is 5.40. The van der Waals surface area contributed by atoms with Crippen LogP contribution in [0.1, 0.15) is 19.7 Å². The minimum atomic E-state index is 0.432. The van der Waals surface area contributed by atoms with E-state index in [9.17, 15) is 0 Å². The zero-order valence-electron chi connectivity index (χ0n) is 10.7. The van der Waals surface area contributed by atoms with E-state index >= 15 is 0 Å². The lowest BCUT2D eigenvalue weighted by atomic mass is 10.2. The molecule has 5 heteroatoms. The molecule has 18 heavy (non-hydrogen) atoms. The first-order chi connectivity index (χ1) is 8.65. The van der Waals surface area contributed by atoms with Gasteiger partial charge < -0.3 is 9.47 Å². The summed E-state index contributed by atoms with van der Waals surface area (Å²) in [4.78, 5) is 8.49. The van der Waals surface area contributed by atoms with Crippen LogP contribution in [-0.2, 0) is 0 Å². The van der Waals surface area contributed by atoms with Crippen LogP contribution in [0.15, 0.2) is 12.1 Å². The average Bonchev–Trinajstić information content (AvgIpc) is 2.31. The summed E-state index contributed by atoms with van der Waals surface area (Å²) in [6.45, 7) is 6.80. The zero-order valence-corrected chi connectivity index (χ0v) is 11.4. The molecule has 0 saturated heterocycles. The largest absolute Gasteiger partial charge is 0.490 e. The summed E-state index contributed by atoms with van der Waals surface area (Å²) >= 11 is 6.12.